The highest BCUT2D eigenvalue weighted by atomic mass is 16.2. The lowest BCUT2D eigenvalue weighted by Gasteiger charge is -2.22. The quantitative estimate of drug-likeness (QED) is 0.640. The van der Waals surface area contributed by atoms with Gasteiger partial charge >= 0.3 is 0 Å². The van der Waals surface area contributed by atoms with Crippen molar-refractivity contribution in [3.63, 3.8) is 0 Å². The number of anilines is 1. The lowest BCUT2D eigenvalue weighted by atomic mass is 10.1. The van der Waals surface area contributed by atoms with Crippen LogP contribution in [0.25, 0.3) is 0 Å². The number of nitrogens with zero attached hydrogens (tertiary/aromatic N) is 2. The van der Waals surface area contributed by atoms with Crippen LogP contribution in [0.4, 0.5) is 5.69 Å². The zero-order chi connectivity index (χ0) is 11.6. The Labute approximate surface area is 89.8 Å². The van der Waals surface area contributed by atoms with E-state index in [1.54, 1.807) is 6.92 Å². The molecule has 1 rings (SSSR count). The smallest absolute Gasteiger partial charge is 0.249 e. The van der Waals surface area contributed by atoms with Crippen LogP contribution in [0.5, 0.6) is 0 Å². The Morgan fingerprint density at radius 1 is 1.00 bits per heavy atom. The van der Waals surface area contributed by atoms with Crippen molar-refractivity contribution >= 4 is 5.69 Å². The Kier molecular flexibility index (Phi) is 3.63. The Bertz CT molecular complexity index is 403. The molecule has 0 saturated carbocycles. The van der Waals surface area contributed by atoms with E-state index in [1.807, 2.05) is 26.0 Å². The van der Waals surface area contributed by atoms with Gasteiger partial charge in [0, 0.05) is 19.2 Å². The molecule has 0 fully saturated rings. The van der Waals surface area contributed by atoms with Crippen molar-refractivity contribution < 1.29 is 0 Å². The fourth-order valence-corrected chi connectivity index (χ4v) is 1.69. The lowest BCUT2D eigenvalue weighted by molar-refractivity contribution is 0.401. The largest absolute Gasteiger partial charge is 0.371 e. The minimum Gasteiger partial charge on any atom is -0.371 e. The van der Waals surface area contributed by atoms with Crippen LogP contribution in [-0.4, -0.2) is 39.1 Å². The van der Waals surface area contributed by atoms with Crippen LogP contribution >= 0.6 is 0 Å². The van der Waals surface area contributed by atoms with Gasteiger partial charge in [-0.2, -0.15) is 0 Å². The summed E-state index contributed by atoms with van der Waals surface area (Å²) in [5, 5.41) is 0. The van der Waals surface area contributed by atoms with E-state index in [1.165, 1.54) is 0 Å². The summed E-state index contributed by atoms with van der Waals surface area (Å²) < 4.78 is 0. The van der Waals surface area contributed by atoms with Gasteiger partial charge in [0.1, 0.15) is 0 Å². The van der Waals surface area contributed by atoms with E-state index in [0.29, 0.717) is 11.3 Å². The maximum Gasteiger partial charge on any atom is 0.249 e. The lowest BCUT2D eigenvalue weighted by Crippen LogP contribution is -2.41. The molecule has 0 aliphatic carbocycles. The first kappa shape index (κ1) is 11.9. The molecule has 0 unspecified atom stereocenters. The molecule has 1 aromatic carbocycles. The van der Waals surface area contributed by atoms with Crippen molar-refractivity contribution in [3.05, 3.63) is 26.0 Å². The van der Waals surface area contributed by atoms with E-state index in [2.05, 4.69) is 4.90 Å². The average Bonchev–Trinajstić information content (AvgIpc) is 2.17. The monoisotopic (exact) mass is 210 g/mol. The van der Waals surface area contributed by atoms with Crippen LogP contribution in [0.2, 0.25) is 0 Å². The third kappa shape index (κ3) is 2.45. The Balaban J connectivity index is 2.52. The molecule has 0 amide bonds. The molecule has 0 radical (unpaired) electrons. The molecule has 4 nitrogen and oxygen atoms in total. The first-order chi connectivity index (χ1) is 6.95. The van der Waals surface area contributed by atoms with Crippen molar-refractivity contribution in [1.82, 2.24) is 4.90 Å². The van der Waals surface area contributed by atoms with Crippen LogP contribution in [0.15, 0.2) is 9.59 Å². The van der Waals surface area contributed by atoms with Gasteiger partial charge in [0.2, 0.25) is 10.9 Å². The fraction of sp³-hybridized carbons (Fsp3) is 0.636. The highest BCUT2D eigenvalue weighted by Crippen LogP contribution is 2.11. The second-order valence-electron chi connectivity index (χ2n) is 4.21. The molecule has 4 heteroatoms. The number of rotatable bonds is 5. The van der Waals surface area contributed by atoms with E-state index < -0.39 is 0 Å². The van der Waals surface area contributed by atoms with Crippen LogP contribution in [0.3, 0.4) is 0 Å². The zero-order valence-corrected chi connectivity index (χ0v) is 9.83. The predicted molar refractivity (Wildman–Crippen MR) is 62.5 cm³/mol. The first-order valence-electron chi connectivity index (χ1n) is 5.11. The normalized spacial score (nSPS) is 11.3. The summed E-state index contributed by atoms with van der Waals surface area (Å²) in [7, 11) is 5.89. The Hall–Kier alpha value is -1.16. The van der Waals surface area contributed by atoms with Gasteiger partial charge in [-0.25, -0.2) is 0 Å². The molecule has 0 aromatic heterocycles. The fourth-order valence-electron chi connectivity index (χ4n) is 1.69. The third-order valence-corrected chi connectivity index (χ3v) is 2.60. The highest BCUT2D eigenvalue weighted by molar-refractivity contribution is 5.57. The summed E-state index contributed by atoms with van der Waals surface area (Å²) in [4.78, 5) is 26.2. The van der Waals surface area contributed by atoms with E-state index in [0.717, 1.165) is 19.5 Å². The summed E-state index contributed by atoms with van der Waals surface area (Å²) in [6.07, 6.45) is 0.988. The highest BCUT2D eigenvalue weighted by Gasteiger charge is 2.19. The SMILES string of the molecule is Cc1c(N(C)CCCN(C)C)c(=O)c1=O. The number of hydrogen-bond acceptors (Lipinski definition) is 4. The second kappa shape index (κ2) is 4.57. The maximum atomic E-state index is 11.3. The molecule has 0 heterocycles. The molecule has 15 heavy (non-hydrogen) atoms. The standard InChI is InChI=1S/C11H18N2O2/c1-8-9(11(15)10(8)14)13(4)7-5-6-12(2)3/h5-7H2,1-4H3. The van der Waals surface area contributed by atoms with Crippen molar-refractivity contribution in [3.8, 4) is 0 Å². The summed E-state index contributed by atoms with van der Waals surface area (Å²) in [5.74, 6) is 0. The zero-order valence-electron chi connectivity index (χ0n) is 9.83. The van der Waals surface area contributed by atoms with Crippen molar-refractivity contribution in [2.24, 2.45) is 0 Å². The van der Waals surface area contributed by atoms with E-state index in [9.17, 15) is 9.59 Å². The predicted octanol–water partition coefficient (Wildman–Crippen LogP) is -0.0211. The van der Waals surface area contributed by atoms with Gasteiger partial charge < -0.3 is 9.80 Å². The maximum absolute atomic E-state index is 11.3. The van der Waals surface area contributed by atoms with Crippen LogP contribution in [-0.2, 0) is 0 Å². The Morgan fingerprint density at radius 2 is 1.60 bits per heavy atom. The van der Waals surface area contributed by atoms with Gasteiger partial charge in [-0.1, -0.05) is 0 Å². The molecule has 0 aliphatic heterocycles. The molecule has 0 N–H and O–H groups in total. The summed E-state index contributed by atoms with van der Waals surface area (Å²) in [6.45, 7) is 3.50. The van der Waals surface area contributed by atoms with E-state index in [-0.39, 0.29) is 10.9 Å². The second-order valence-corrected chi connectivity index (χ2v) is 4.21. The number of hydrogen-bond donors (Lipinski definition) is 0. The van der Waals surface area contributed by atoms with Gasteiger partial charge in [0.25, 0.3) is 0 Å². The molecular weight excluding hydrogens is 192 g/mol. The molecule has 84 valence electrons. The summed E-state index contributed by atoms with van der Waals surface area (Å²) in [5.41, 5.74) is 0.537. The van der Waals surface area contributed by atoms with Gasteiger partial charge in [-0.05, 0) is 34.0 Å². The molecule has 0 saturated heterocycles. The van der Waals surface area contributed by atoms with E-state index in [4.69, 9.17) is 0 Å². The molecule has 0 atom stereocenters. The van der Waals surface area contributed by atoms with Crippen molar-refractivity contribution in [1.29, 1.82) is 0 Å². The van der Waals surface area contributed by atoms with Gasteiger partial charge in [-0.3, -0.25) is 9.59 Å². The topological polar surface area (TPSA) is 40.6 Å². The first-order valence-corrected chi connectivity index (χ1v) is 5.11. The van der Waals surface area contributed by atoms with Gasteiger partial charge in [0.15, 0.2) is 0 Å². The molecule has 0 spiro atoms. The summed E-state index contributed by atoms with van der Waals surface area (Å²) in [6, 6.07) is 0. The summed E-state index contributed by atoms with van der Waals surface area (Å²) >= 11 is 0. The van der Waals surface area contributed by atoms with Crippen molar-refractivity contribution in [2.45, 2.75) is 13.3 Å². The van der Waals surface area contributed by atoms with E-state index >= 15 is 0 Å². The minimum absolute atomic E-state index is 0.329. The molecule has 0 aliphatic rings. The molecule has 0 bridgehead atoms. The minimum atomic E-state index is -0.333. The Morgan fingerprint density at radius 3 is 2.07 bits per heavy atom. The average molecular weight is 210 g/mol. The van der Waals surface area contributed by atoms with Crippen LogP contribution in [0, 0.1) is 6.92 Å². The molecule has 1 aromatic rings. The van der Waals surface area contributed by atoms with Crippen molar-refractivity contribution in [2.75, 3.05) is 39.1 Å². The van der Waals surface area contributed by atoms with Crippen LogP contribution in [0.1, 0.15) is 12.0 Å². The van der Waals surface area contributed by atoms with Gasteiger partial charge in [-0.15, -0.1) is 0 Å². The van der Waals surface area contributed by atoms with Crippen LogP contribution < -0.4 is 15.8 Å². The third-order valence-electron chi connectivity index (χ3n) is 2.60. The molecular formula is C11H18N2O2. The van der Waals surface area contributed by atoms with Gasteiger partial charge in [0.05, 0.1) is 5.69 Å².